The van der Waals surface area contributed by atoms with Crippen LogP contribution in [0, 0.1) is 12.7 Å². The maximum Gasteiger partial charge on any atom is 0.322 e. The van der Waals surface area contributed by atoms with Crippen molar-refractivity contribution in [2.75, 3.05) is 18.0 Å². The van der Waals surface area contributed by atoms with E-state index in [0.717, 1.165) is 11.3 Å². The molecule has 1 N–H and O–H groups in total. The average molecular weight is 377 g/mol. The fourth-order valence-electron chi connectivity index (χ4n) is 3.68. The van der Waals surface area contributed by atoms with Gasteiger partial charge < -0.3 is 10.2 Å². The van der Waals surface area contributed by atoms with Gasteiger partial charge in [0.25, 0.3) is 5.91 Å². The molecule has 2 aromatic carbocycles. The summed E-state index contributed by atoms with van der Waals surface area (Å²) >= 11 is 0. The van der Waals surface area contributed by atoms with Crippen LogP contribution in [-0.2, 0) is 4.79 Å². The van der Waals surface area contributed by atoms with Crippen molar-refractivity contribution in [3.63, 3.8) is 0 Å². The van der Waals surface area contributed by atoms with Gasteiger partial charge in [0.05, 0.1) is 23.9 Å². The number of nitrogens with one attached hydrogen (secondary N) is 1. The molecule has 1 unspecified atom stereocenters. The van der Waals surface area contributed by atoms with E-state index < -0.39 is 11.9 Å². The van der Waals surface area contributed by atoms with E-state index in [0.29, 0.717) is 16.8 Å². The van der Waals surface area contributed by atoms with E-state index in [4.69, 9.17) is 0 Å². The third-order valence-electron chi connectivity index (χ3n) is 5.06. The van der Waals surface area contributed by atoms with Crippen molar-refractivity contribution in [3.05, 3.63) is 89.4 Å². The van der Waals surface area contributed by atoms with Crippen LogP contribution in [0.5, 0.6) is 0 Å². The Hall–Kier alpha value is -3.41. The van der Waals surface area contributed by atoms with Crippen LogP contribution in [0.3, 0.4) is 0 Å². The highest BCUT2D eigenvalue weighted by atomic mass is 19.1. The number of hydrogen-bond acceptors (Lipinski definition) is 2. The Labute approximate surface area is 162 Å². The number of nitrogens with zero attached hydrogens (tertiary/aromatic N) is 2. The van der Waals surface area contributed by atoms with Crippen molar-refractivity contribution in [1.29, 1.82) is 0 Å². The highest BCUT2D eigenvalue weighted by Gasteiger charge is 2.44. The minimum absolute atomic E-state index is 0.192. The minimum Gasteiger partial charge on any atom is -0.326 e. The first-order chi connectivity index (χ1) is 13.5. The Balaban J connectivity index is 1.79. The van der Waals surface area contributed by atoms with Crippen LogP contribution >= 0.6 is 0 Å². The van der Waals surface area contributed by atoms with Gasteiger partial charge in [-0.1, -0.05) is 35.9 Å². The molecule has 0 fully saturated rings. The topological polar surface area (TPSA) is 52.7 Å². The van der Waals surface area contributed by atoms with E-state index in [-0.39, 0.29) is 25.0 Å². The first-order valence-electron chi connectivity index (χ1n) is 9.05. The normalized spacial score (nSPS) is 19.0. The maximum absolute atomic E-state index is 13.8. The predicted molar refractivity (Wildman–Crippen MR) is 105 cm³/mol. The van der Waals surface area contributed by atoms with Crippen LogP contribution in [0.15, 0.2) is 72.5 Å². The standard InChI is InChI=1S/C22H20FN3O2/c1-3-11-25-18-13-26(17-9-7-14(2)8-10-17)21(27)19(18)20(24-22(25)28)15-5-4-6-16(23)12-15/h3-10,12,20H,1,11,13H2,2H3,(H,24,28). The molecule has 0 bridgehead atoms. The van der Waals surface area contributed by atoms with E-state index >= 15 is 0 Å². The number of carbonyl (C=O) groups excluding carboxylic acids is 2. The first kappa shape index (κ1) is 18.0. The number of halogens is 1. The van der Waals surface area contributed by atoms with Gasteiger partial charge >= 0.3 is 6.03 Å². The summed E-state index contributed by atoms with van der Waals surface area (Å²) in [5.74, 6) is -0.606. The second-order valence-corrected chi connectivity index (χ2v) is 6.92. The lowest BCUT2D eigenvalue weighted by Crippen LogP contribution is -2.47. The van der Waals surface area contributed by atoms with Crippen LogP contribution < -0.4 is 10.2 Å². The fraction of sp³-hybridized carbons (Fsp3) is 0.182. The van der Waals surface area contributed by atoms with Crippen molar-refractivity contribution in [2.45, 2.75) is 13.0 Å². The molecule has 0 saturated carbocycles. The van der Waals surface area contributed by atoms with E-state index in [9.17, 15) is 14.0 Å². The molecule has 6 heteroatoms. The molecular formula is C22H20FN3O2. The number of anilines is 1. The Morgan fingerprint density at radius 1 is 1.21 bits per heavy atom. The molecule has 5 nitrogen and oxygen atoms in total. The summed E-state index contributed by atoms with van der Waals surface area (Å²) < 4.78 is 13.8. The maximum atomic E-state index is 13.8. The number of benzene rings is 2. The van der Waals surface area contributed by atoms with Gasteiger partial charge in [0.1, 0.15) is 5.82 Å². The highest BCUT2D eigenvalue weighted by molar-refractivity contribution is 6.11. The van der Waals surface area contributed by atoms with Gasteiger partial charge in [-0.05, 0) is 36.8 Å². The fourth-order valence-corrected chi connectivity index (χ4v) is 3.68. The second-order valence-electron chi connectivity index (χ2n) is 6.92. The van der Waals surface area contributed by atoms with Gasteiger partial charge in [0.15, 0.2) is 0 Å². The lowest BCUT2D eigenvalue weighted by Gasteiger charge is -2.33. The molecular weight excluding hydrogens is 357 g/mol. The van der Waals surface area contributed by atoms with Crippen molar-refractivity contribution in [2.24, 2.45) is 0 Å². The quantitative estimate of drug-likeness (QED) is 0.827. The van der Waals surface area contributed by atoms with Gasteiger partial charge in [-0.3, -0.25) is 9.69 Å². The number of rotatable bonds is 4. The van der Waals surface area contributed by atoms with Gasteiger partial charge in [-0.15, -0.1) is 6.58 Å². The van der Waals surface area contributed by atoms with Gasteiger partial charge in [0, 0.05) is 12.2 Å². The van der Waals surface area contributed by atoms with E-state index in [2.05, 4.69) is 11.9 Å². The predicted octanol–water partition coefficient (Wildman–Crippen LogP) is 3.69. The zero-order valence-electron chi connectivity index (χ0n) is 15.5. The number of aryl methyl sites for hydroxylation is 1. The molecule has 0 spiro atoms. The molecule has 0 aliphatic carbocycles. The highest BCUT2D eigenvalue weighted by Crippen LogP contribution is 2.38. The van der Waals surface area contributed by atoms with Gasteiger partial charge in [-0.2, -0.15) is 0 Å². The van der Waals surface area contributed by atoms with Gasteiger partial charge in [-0.25, -0.2) is 9.18 Å². The summed E-state index contributed by atoms with van der Waals surface area (Å²) in [4.78, 5) is 29.2. The molecule has 2 heterocycles. The van der Waals surface area contributed by atoms with E-state index in [1.807, 2.05) is 31.2 Å². The molecule has 3 amide bonds. The third kappa shape index (κ3) is 2.97. The molecule has 2 aliphatic heterocycles. The molecule has 2 aromatic rings. The third-order valence-corrected chi connectivity index (χ3v) is 5.06. The zero-order chi connectivity index (χ0) is 19.8. The van der Waals surface area contributed by atoms with Crippen molar-refractivity contribution in [1.82, 2.24) is 10.2 Å². The smallest absolute Gasteiger partial charge is 0.322 e. The van der Waals surface area contributed by atoms with Crippen molar-refractivity contribution in [3.8, 4) is 0 Å². The molecule has 0 radical (unpaired) electrons. The van der Waals surface area contributed by atoms with Crippen LogP contribution in [0.4, 0.5) is 14.9 Å². The molecule has 0 aromatic heterocycles. The second kappa shape index (κ2) is 6.96. The van der Waals surface area contributed by atoms with Crippen LogP contribution in [0.25, 0.3) is 0 Å². The average Bonchev–Trinajstić information content (AvgIpc) is 3.02. The molecule has 2 aliphatic rings. The summed E-state index contributed by atoms with van der Waals surface area (Å²) in [6.45, 7) is 6.25. The van der Waals surface area contributed by atoms with Crippen LogP contribution in [0.1, 0.15) is 17.2 Å². The molecule has 4 rings (SSSR count). The summed E-state index contributed by atoms with van der Waals surface area (Å²) in [5, 5.41) is 2.84. The SMILES string of the molecule is C=CCN1C(=O)NC(c2cccc(F)c2)C2=C1CN(c1ccc(C)cc1)C2=O. The Morgan fingerprint density at radius 2 is 1.96 bits per heavy atom. The van der Waals surface area contributed by atoms with Crippen LogP contribution in [0.2, 0.25) is 0 Å². The van der Waals surface area contributed by atoms with Crippen molar-refractivity contribution < 1.29 is 14.0 Å². The van der Waals surface area contributed by atoms with Crippen molar-refractivity contribution >= 4 is 17.6 Å². The first-order valence-corrected chi connectivity index (χ1v) is 9.05. The lowest BCUT2D eigenvalue weighted by atomic mass is 9.95. The summed E-state index contributed by atoms with van der Waals surface area (Å²) in [7, 11) is 0. The minimum atomic E-state index is -0.692. The molecule has 0 saturated heterocycles. The summed E-state index contributed by atoms with van der Waals surface area (Å²) in [5.41, 5.74) is 3.49. The summed E-state index contributed by atoms with van der Waals surface area (Å²) in [6, 6.07) is 12.6. The largest absolute Gasteiger partial charge is 0.326 e. The Bertz CT molecular complexity index is 997. The monoisotopic (exact) mass is 377 g/mol. The molecule has 1 atom stereocenters. The van der Waals surface area contributed by atoms with Crippen LogP contribution in [-0.4, -0.2) is 29.9 Å². The zero-order valence-corrected chi connectivity index (χ0v) is 15.5. The van der Waals surface area contributed by atoms with E-state index in [1.165, 1.54) is 17.0 Å². The number of hydrogen-bond donors (Lipinski definition) is 1. The number of amides is 3. The Kier molecular flexibility index (Phi) is 4.47. The lowest BCUT2D eigenvalue weighted by molar-refractivity contribution is -0.114. The summed E-state index contributed by atoms with van der Waals surface area (Å²) in [6.07, 6.45) is 1.62. The number of urea groups is 1. The van der Waals surface area contributed by atoms with E-state index in [1.54, 1.807) is 23.1 Å². The molecule has 28 heavy (non-hydrogen) atoms. The number of carbonyl (C=O) groups is 2. The van der Waals surface area contributed by atoms with Gasteiger partial charge in [0.2, 0.25) is 0 Å². The molecule has 142 valence electrons. The Morgan fingerprint density at radius 3 is 2.64 bits per heavy atom.